The van der Waals surface area contributed by atoms with Crippen LogP contribution in [0, 0.1) is 0 Å². The Balaban J connectivity index is 1.89. The third-order valence-electron chi connectivity index (χ3n) is 3.77. The summed E-state index contributed by atoms with van der Waals surface area (Å²) in [4.78, 5) is 26.2. The molecular formula is C18H12Cl3NO4S. The Bertz CT molecular complexity index is 977. The van der Waals surface area contributed by atoms with E-state index in [1.54, 1.807) is 18.2 Å². The van der Waals surface area contributed by atoms with Crippen molar-refractivity contribution < 1.29 is 19.4 Å². The predicted octanol–water partition coefficient (Wildman–Crippen LogP) is 5.60. The van der Waals surface area contributed by atoms with E-state index < -0.39 is 11.1 Å². The Morgan fingerprint density at radius 1 is 1.15 bits per heavy atom. The van der Waals surface area contributed by atoms with Gasteiger partial charge in [0.15, 0.2) is 11.5 Å². The average molecular weight is 445 g/mol. The van der Waals surface area contributed by atoms with Crippen LogP contribution in [0.25, 0.3) is 6.08 Å². The number of hydrogen-bond acceptors (Lipinski definition) is 5. The van der Waals surface area contributed by atoms with Crippen LogP contribution in [0.3, 0.4) is 0 Å². The Morgan fingerprint density at radius 2 is 1.89 bits per heavy atom. The number of carbonyl (C=O) groups is 2. The molecule has 27 heavy (non-hydrogen) atoms. The summed E-state index contributed by atoms with van der Waals surface area (Å²) in [6.45, 7) is 0.0593. The maximum atomic E-state index is 12.6. The van der Waals surface area contributed by atoms with Crippen molar-refractivity contribution >= 4 is 63.8 Å². The van der Waals surface area contributed by atoms with Crippen LogP contribution in [0.2, 0.25) is 15.1 Å². The molecule has 1 aliphatic heterocycles. The highest BCUT2D eigenvalue weighted by Gasteiger charge is 2.35. The first-order valence-electron chi connectivity index (χ1n) is 7.56. The number of carbonyl (C=O) groups excluding carboxylic acids is 2. The largest absolute Gasteiger partial charge is 0.504 e. The number of ether oxygens (including phenoxy) is 1. The molecule has 2 aromatic carbocycles. The number of benzene rings is 2. The number of amides is 2. The monoisotopic (exact) mass is 443 g/mol. The van der Waals surface area contributed by atoms with Gasteiger partial charge < -0.3 is 9.84 Å². The highest BCUT2D eigenvalue weighted by atomic mass is 35.5. The molecule has 0 bridgehead atoms. The van der Waals surface area contributed by atoms with Gasteiger partial charge >= 0.3 is 0 Å². The van der Waals surface area contributed by atoms with Gasteiger partial charge in [0.1, 0.15) is 0 Å². The first-order valence-corrected chi connectivity index (χ1v) is 9.51. The Labute approximate surface area is 174 Å². The Kier molecular flexibility index (Phi) is 5.91. The fourth-order valence-corrected chi connectivity index (χ4v) is 3.82. The minimum Gasteiger partial charge on any atom is -0.504 e. The first kappa shape index (κ1) is 19.9. The van der Waals surface area contributed by atoms with Crippen LogP contribution in [-0.2, 0) is 11.3 Å². The van der Waals surface area contributed by atoms with Crippen LogP contribution in [0.15, 0.2) is 35.2 Å². The predicted molar refractivity (Wildman–Crippen MR) is 108 cm³/mol. The minimum absolute atomic E-state index is 0.0593. The number of aromatic hydroxyl groups is 1. The van der Waals surface area contributed by atoms with E-state index >= 15 is 0 Å². The third kappa shape index (κ3) is 4.19. The SMILES string of the molecule is COc1cc(Cl)cc(/C=C2\SC(=O)N(Cc3ccc(Cl)c(Cl)c3)C2=O)c1O. The van der Waals surface area contributed by atoms with Gasteiger partial charge in [-0.25, -0.2) is 0 Å². The molecule has 3 rings (SSSR count). The van der Waals surface area contributed by atoms with Gasteiger partial charge in [-0.3, -0.25) is 14.5 Å². The summed E-state index contributed by atoms with van der Waals surface area (Å²) < 4.78 is 5.04. The molecule has 1 saturated heterocycles. The molecule has 1 aliphatic rings. The summed E-state index contributed by atoms with van der Waals surface area (Å²) in [5.41, 5.74) is 0.944. The van der Waals surface area contributed by atoms with Crippen molar-refractivity contribution in [2.24, 2.45) is 0 Å². The Hall–Kier alpha value is -1.86. The van der Waals surface area contributed by atoms with Gasteiger partial charge in [0.25, 0.3) is 11.1 Å². The van der Waals surface area contributed by atoms with Gasteiger partial charge in [-0.2, -0.15) is 0 Å². The van der Waals surface area contributed by atoms with E-state index in [1.807, 2.05) is 0 Å². The van der Waals surface area contributed by atoms with Gasteiger partial charge in [0.2, 0.25) is 0 Å². The van der Waals surface area contributed by atoms with Crippen LogP contribution in [-0.4, -0.2) is 28.3 Å². The summed E-state index contributed by atoms with van der Waals surface area (Å²) in [5.74, 6) is -0.476. The molecule has 140 valence electrons. The third-order valence-corrected chi connectivity index (χ3v) is 5.64. The van der Waals surface area contributed by atoms with Gasteiger partial charge in [-0.1, -0.05) is 40.9 Å². The van der Waals surface area contributed by atoms with Crippen molar-refractivity contribution in [2.75, 3.05) is 7.11 Å². The molecule has 1 fully saturated rings. The number of imide groups is 1. The van der Waals surface area contributed by atoms with Crippen LogP contribution >= 0.6 is 46.6 Å². The molecule has 1 heterocycles. The van der Waals surface area contributed by atoms with Crippen LogP contribution in [0.5, 0.6) is 11.5 Å². The lowest BCUT2D eigenvalue weighted by Gasteiger charge is -2.13. The number of nitrogens with zero attached hydrogens (tertiary/aromatic N) is 1. The Morgan fingerprint density at radius 3 is 2.56 bits per heavy atom. The molecule has 0 atom stereocenters. The quantitative estimate of drug-likeness (QED) is 0.622. The molecule has 1 N–H and O–H groups in total. The number of rotatable bonds is 4. The zero-order valence-electron chi connectivity index (χ0n) is 13.8. The number of thioether (sulfide) groups is 1. The summed E-state index contributed by atoms with van der Waals surface area (Å²) >= 11 is 18.6. The summed E-state index contributed by atoms with van der Waals surface area (Å²) in [6.07, 6.45) is 1.41. The fourth-order valence-electron chi connectivity index (χ4n) is 2.46. The molecule has 0 saturated carbocycles. The van der Waals surface area contributed by atoms with Gasteiger partial charge in [-0.05, 0) is 41.6 Å². The molecule has 0 unspecified atom stereocenters. The van der Waals surface area contributed by atoms with Crippen LogP contribution in [0.1, 0.15) is 11.1 Å². The van der Waals surface area contributed by atoms with E-state index in [-0.39, 0.29) is 28.5 Å². The summed E-state index contributed by atoms with van der Waals surface area (Å²) in [5, 5.41) is 10.8. The zero-order valence-corrected chi connectivity index (χ0v) is 16.9. The molecule has 9 heteroatoms. The number of halogens is 3. The van der Waals surface area contributed by atoms with Crippen LogP contribution < -0.4 is 4.74 Å². The summed E-state index contributed by atoms with van der Waals surface area (Å²) in [7, 11) is 1.39. The second kappa shape index (κ2) is 8.02. The standard InChI is InChI=1S/C18H12Cl3NO4S/c1-26-14-7-11(19)5-10(16(14)23)6-15-17(24)22(18(25)27-15)8-9-2-3-12(20)13(21)4-9/h2-7,23H,8H2,1H3/b15-6-. The molecule has 0 aliphatic carbocycles. The molecule has 0 spiro atoms. The van der Waals surface area contributed by atoms with E-state index in [1.165, 1.54) is 25.3 Å². The van der Waals surface area contributed by atoms with Crippen molar-refractivity contribution in [2.45, 2.75) is 6.54 Å². The molecule has 2 aromatic rings. The second-order valence-corrected chi connectivity index (χ2v) is 7.81. The van der Waals surface area contributed by atoms with E-state index in [9.17, 15) is 14.7 Å². The minimum atomic E-state index is -0.477. The second-order valence-electron chi connectivity index (χ2n) is 5.56. The average Bonchev–Trinajstić information content (AvgIpc) is 2.88. The molecule has 0 aromatic heterocycles. The highest BCUT2D eigenvalue weighted by molar-refractivity contribution is 8.18. The zero-order chi connectivity index (χ0) is 19.7. The lowest BCUT2D eigenvalue weighted by atomic mass is 10.1. The normalized spacial score (nSPS) is 15.7. The van der Waals surface area contributed by atoms with Crippen LogP contribution in [0.4, 0.5) is 4.79 Å². The van der Waals surface area contributed by atoms with E-state index in [0.717, 1.165) is 16.7 Å². The van der Waals surface area contributed by atoms with Crippen molar-refractivity contribution in [1.29, 1.82) is 0 Å². The van der Waals surface area contributed by atoms with E-state index in [2.05, 4.69) is 0 Å². The fraction of sp³-hybridized carbons (Fsp3) is 0.111. The van der Waals surface area contributed by atoms with E-state index in [0.29, 0.717) is 20.6 Å². The highest BCUT2D eigenvalue weighted by Crippen LogP contribution is 2.39. The topological polar surface area (TPSA) is 66.8 Å². The smallest absolute Gasteiger partial charge is 0.293 e. The van der Waals surface area contributed by atoms with Gasteiger partial charge in [0.05, 0.1) is 28.6 Å². The number of phenolic OH excluding ortho intramolecular Hbond substituents is 1. The van der Waals surface area contributed by atoms with E-state index in [4.69, 9.17) is 39.5 Å². The lowest BCUT2D eigenvalue weighted by molar-refractivity contribution is -0.123. The molecule has 0 radical (unpaired) electrons. The molecule has 2 amide bonds. The molecule has 5 nitrogen and oxygen atoms in total. The lowest BCUT2D eigenvalue weighted by Crippen LogP contribution is -2.27. The van der Waals surface area contributed by atoms with Crippen molar-refractivity contribution in [3.05, 3.63) is 61.4 Å². The molecular weight excluding hydrogens is 433 g/mol. The maximum Gasteiger partial charge on any atom is 0.293 e. The van der Waals surface area contributed by atoms with Crippen molar-refractivity contribution in [1.82, 2.24) is 4.90 Å². The van der Waals surface area contributed by atoms with Gasteiger partial charge in [-0.15, -0.1) is 0 Å². The van der Waals surface area contributed by atoms with Gasteiger partial charge in [0, 0.05) is 16.7 Å². The maximum absolute atomic E-state index is 12.6. The summed E-state index contributed by atoms with van der Waals surface area (Å²) in [6, 6.07) is 7.82. The first-order chi connectivity index (χ1) is 12.8. The van der Waals surface area contributed by atoms with Crippen molar-refractivity contribution in [3.8, 4) is 11.5 Å². The number of hydrogen-bond donors (Lipinski definition) is 1. The number of methoxy groups -OCH3 is 1. The van der Waals surface area contributed by atoms with Crippen molar-refractivity contribution in [3.63, 3.8) is 0 Å². The number of phenols is 1.